The standard InChI is InChI=1S/C16H15N3O4/c1-8-3-5-11(15(21)17-8)16(22)18-10-4-6-13-12(7-10)19-14(20)9(2)23-13/h3-7,9H,1-2H3,(H,17,21)(H,18,22)(H,19,20). The Bertz CT molecular complexity index is 857. The second-order valence-corrected chi connectivity index (χ2v) is 5.30. The highest BCUT2D eigenvalue weighted by Crippen LogP contribution is 2.32. The van der Waals surface area contributed by atoms with Crippen LogP contribution in [0.5, 0.6) is 5.75 Å². The first-order valence-corrected chi connectivity index (χ1v) is 7.07. The molecule has 7 nitrogen and oxygen atoms in total. The summed E-state index contributed by atoms with van der Waals surface area (Å²) >= 11 is 0. The third-order valence-electron chi connectivity index (χ3n) is 3.47. The van der Waals surface area contributed by atoms with Gasteiger partial charge >= 0.3 is 0 Å². The number of amides is 2. The average Bonchev–Trinajstić information content (AvgIpc) is 2.48. The molecule has 0 radical (unpaired) electrons. The van der Waals surface area contributed by atoms with E-state index in [2.05, 4.69) is 15.6 Å². The van der Waals surface area contributed by atoms with Crippen molar-refractivity contribution in [2.24, 2.45) is 0 Å². The Labute approximate surface area is 131 Å². The van der Waals surface area contributed by atoms with E-state index in [1.54, 1.807) is 38.1 Å². The minimum atomic E-state index is -0.561. The average molecular weight is 313 g/mol. The number of rotatable bonds is 2. The van der Waals surface area contributed by atoms with Crippen molar-refractivity contribution in [3.05, 3.63) is 51.9 Å². The molecule has 0 bridgehead atoms. The van der Waals surface area contributed by atoms with Gasteiger partial charge in [0.05, 0.1) is 5.69 Å². The summed E-state index contributed by atoms with van der Waals surface area (Å²) in [6.45, 7) is 3.38. The molecule has 118 valence electrons. The van der Waals surface area contributed by atoms with Gasteiger partial charge in [-0.1, -0.05) is 0 Å². The molecule has 0 saturated carbocycles. The van der Waals surface area contributed by atoms with Crippen molar-refractivity contribution in [1.29, 1.82) is 0 Å². The maximum absolute atomic E-state index is 12.2. The summed E-state index contributed by atoms with van der Waals surface area (Å²) in [7, 11) is 0. The number of fused-ring (bicyclic) bond motifs is 1. The van der Waals surface area contributed by atoms with Crippen molar-refractivity contribution < 1.29 is 14.3 Å². The minimum absolute atomic E-state index is 0.0160. The van der Waals surface area contributed by atoms with Crippen molar-refractivity contribution in [3.8, 4) is 5.75 Å². The zero-order valence-corrected chi connectivity index (χ0v) is 12.6. The predicted octanol–water partition coefficient (Wildman–Crippen LogP) is 1.66. The molecule has 1 atom stereocenters. The number of H-pyrrole nitrogens is 1. The van der Waals surface area contributed by atoms with Crippen LogP contribution in [0, 0.1) is 6.92 Å². The van der Waals surface area contributed by atoms with Gasteiger partial charge < -0.3 is 20.4 Å². The quantitative estimate of drug-likeness (QED) is 0.785. The van der Waals surface area contributed by atoms with Crippen LogP contribution in [0.1, 0.15) is 23.0 Å². The van der Waals surface area contributed by atoms with Crippen LogP contribution in [-0.4, -0.2) is 22.9 Å². The normalized spacial score (nSPS) is 16.1. The highest BCUT2D eigenvalue weighted by molar-refractivity contribution is 6.05. The summed E-state index contributed by atoms with van der Waals surface area (Å²) in [5.41, 5.74) is 1.17. The monoisotopic (exact) mass is 313 g/mol. The lowest BCUT2D eigenvalue weighted by atomic mass is 10.2. The van der Waals surface area contributed by atoms with Crippen molar-refractivity contribution in [1.82, 2.24) is 4.98 Å². The maximum Gasteiger partial charge on any atom is 0.265 e. The maximum atomic E-state index is 12.2. The SMILES string of the molecule is Cc1ccc(C(=O)Nc2ccc3c(c2)NC(=O)C(C)O3)c(=O)[nH]1. The molecule has 3 N–H and O–H groups in total. The summed E-state index contributed by atoms with van der Waals surface area (Å²) in [5.74, 6) is -0.248. The van der Waals surface area contributed by atoms with Gasteiger partial charge in [0.1, 0.15) is 11.3 Å². The fourth-order valence-corrected chi connectivity index (χ4v) is 2.24. The first-order chi connectivity index (χ1) is 10.9. The topological polar surface area (TPSA) is 100 Å². The van der Waals surface area contributed by atoms with Gasteiger partial charge in [-0.25, -0.2) is 0 Å². The number of anilines is 2. The van der Waals surface area contributed by atoms with Crippen LogP contribution in [0.25, 0.3) is 0 Å². The molecule has 0 aliphatic carbocycles. The first-order valence-electron chi connectivity index (χ1n) is 7.07. The molecule has 0 saturated heterocycles. The number of carbonyl (C=O) groups is 2. The van der Waals surface area contributed by atoms with Crippen LogP contribution >= 0.6 is 0 Å². The molecule has 1 aliphatic heterocycles. The van der Waals surface area contributed by atoms with E-state index in [9.17, 15) is 14.4 Å². The zero-order valence-electron chi connectivity index (χ0n) is 12.6. The minimum Gasteiger partial charge on any atom is -0.479 e. The second kappa shape index (κ2) is 5.60. The number of nitrogens with one attached hydrogen (secondary N) is 3. The van der Waals surface area contributed by atoms with Crippen molar-refractivity contribution in [2.45, 2.75) is 20.0 Å². The number of benzene rings is 1. The molecule has 3 rings (SSSR count). The van der Waals surface area contributed by atoms with E-state index in [1.807, 2.05) is 0 Å². The molecule has 1 unspecified atom stereocenters. The lowest BCUT2D eigenvalue weighted by Crippen LogP contribution is -2.34. The van der Waals surface area contributed by atoms with Crippen molar-refractivity contribution >= 4 is 23.2 Å². The van der Waals surface area contributed by atoms with Crippen LogP contribution in [0.3, 0.4) is 0 Å². The number of ether oxygens (including phenoxy) is 1. The van der Waals surface area contributed by atoms with Gasteiger partial charge in [-0.05, 0) is 44.2 Å². The summed E-state index contributed by atoms with van der Waals surface area (Å²) < 4.78 is 5.44. The van der Waals surface area contributed by atoms with Gasteiger partial charge in [0.25, 0.3) is 17.4 Å². The smallest absolute Gasteiger partial charge is 0.265 e. The summed E-state index contributed by atoms with van der Waals surface area (Å²) in [4.78, 5) is 38.2. The van der Waals surface area contributed by atoms with Crippen LogP contribution in [0.4, 0.5) is 11.4 Å². The molecule has 23 heavy (non-hydrogen) atoms. The molecular weight excluding hydrogens is 298 g/mol. The van der Waals surface area contributed by atoms with Gasteiger partial charge in [0.15, 0.2) is 6.10 Å². The molecule has 1 aromatic carbocycles. The molecule has 1 aliphatic rings. The number of pyridine rings is 1. The Morgan fingerprint density at radius 3 is 2.74 bits per heavy atom. The Morgan fingerprint density at radius 2 is 2.00 bits per heavy atom. The second-order valence-electron chi connectivity index (χ2n) is 5.30. The van der Waals surface area contributed by atoms with Crippen molar-refractivity contribution in [2.75, 3.05) is 10.6 Å². The summed E-state index contributed by atoms with van der Waals surface area (Å²) in [5, 5.41) is 5.33. The molecule has 1 aromatic heterocycles. The number of aromatic amines is 1. The van der Waals surface area contributed by atoms with E-state index in [-0.39, 0.29) is 11.5 Å². The van der Waals surface area contributed by atoms with E-state index in [1.165, 1.54) is 6.07 Å². The van der Waals surface area contributed by atoms with Crippen LogP contribution in [0.2, 0.25) is 0 Å². The van der Waals surface area contributed by atoms with E-state index in [4.69, 9.17) is 4.74 Å². The lowest BCUT2D eigenvalue weighted by Gasteiger charge is -2.23. The fraction of sp³-hybridized carbons (Fsp3) is 0.188. The Kier molecular flexibility index (Phi) is 3.61. The molecule has 0 spiro atoms. The number of aromatic nitrogens is 1. The predicted molar refractivity (Wildman–Crippen MR) is 84.9 cm³/mol. The Balaban J connectivity index is 1.83. The number of hydrogen-bond donors (Lipinski definition) is 3. The van der Waals surface area contributed by atoms with Crippen LogP contribution in [0.15, 0.2) is 35.1 Å². The zero-order chi connectivity index (χ0) is 16.6. The third kappa shape index (κ3) is 2.94. The van der Waals surface area contributed by atoms with Gasteiger partial charge in [-0.15, -0.1) is 0 Å². The molecule has 0 fully saturated rings. The molecule has 2 aromatic rings. The van der Waals surface area contributed by atoms with Crippen LogP contribution < -0.4 is 20.9 Å². The summed E-state index contributed by atoms with van der Waals surface area (Å²) in [6, 6.07) is 8.00. The first kappa shape index (κ1) is 14.8. The van der Waals surface area contributed by atoms with E-state index in [0.29, 0.717) is 22.8 Å². The van der Waals surface area contributed by atoms with Gasteiger partial charge in [0.2, 0.25) is 0 Å². The van der Waals surface area contributed by atoms with E-state index in [0.717, 1.165) is 0 Å². The van der Waals surface area contributed by atoms with Crippen molar-refractivity contribution in [3.63, 3.8) is 0 Å². The van der Waals surface area contributed by atoms with Gasteiger partial charge in [-0.2, -0.15) is 0 Å². The van der Waals surface area contributed by atoms with E-state index < -0.39 is 17.6 Å². The van der Waals surface area contributed by atoms with Gasteiger partial charge in [0, 0.05) is 11.4 Å². The Hall–Kier alpha value is -3.09. The van der Waals surface area contributed by atoms with Crippen LogP contribution in [-0.2, 0) is 4.79 Å². The molecule has 2 amide bonds. The summed E-state index contributed by atoms with van der Waals surface area (Å²) in [6.07, 6.45) is -0.561. The van der Waals surface area contributed by atoms with Gasteiger partial charge in [-0.3, -0.25) is 14.4 Å². The number of carbonyl (C=O) groups excluding carboxylic acids is 2. The van der Waals surface area contributed by atoms with E-state index >= 15 is 0 Å². The number of aryl methyl sites for hydroxylation is 1. The molecule has 2 heterocycles. The number of hydrogen-bond acceptors (Lipinski definition) is 4. The fourth-order valence-electron chi connectivity index (χ4n) is 2.24. The molecular formula is C16H15N3O4. The lowest BCUT2D eigenvalue weighted by molar-refractivity contribution is -0.122. The highest BCUT2D eigenvalue weighted by atomic mass is 16.5. The largest absolute Gasteiger partial charge is 0.479 e. The Morgan fingerprint density at radius 1 is 1.22 bits per heavy atom. The molecule has 7 heteroatoms. The third-order valence-corrected chi connectivity index (χ3v) is 3.47. The highest BCUT2D eigenvalue weighted by Gasteiger charge is 2.23.